The van der Waals surface area contributed by atoms with Crippen LogP contribution in [0.1, 0.15) is 219 Å². The number of hydrogen-bond donors (Lipinski definition) is 4. The Morgan fingerprint density at radius 3 is 1.35 bits per heavy atom. The summed E-state index contributed by atoms with van der Waals surface area (Å²) in [6.07, 6.45) is 35.3. The highest BCUT2D eigenvalue weighted by atomic mass is 16.7. The van der Waals surface area contributed by atoms with Crippen LogP contribution in [0.15, 0.2) is 24.3 Å². The maximum absolute atomic E-state index is 12.7. The van der Waals surface area contributed by atoms with Crippen molar-refractivity contribution in [2.24, 2.45) is 0 Å². The summed E-state index contributed by atoms with van der Waals surface area (Å²) in [5, 5.41) is 39.8. The van der Waals surface area contributed by atoms with Crippen molar-refractivity contribution >= 4 is 17.9 Å². The number of carbonyl (C=O) groups excluding carboxylic acids is 2. The van der Waals surface area contributed by atoms with Gasteiger partial charge in [-0.15, -0.1) is 0 Å². The van der Waals surface area contributed by atoms with Crippen LogP contribution in [0.5, 0.6) is 0 Å². The van der Waals surface area contributed by atoms with E-state index in [2.05, 4.69) is 38.2 Å². The molecule has 0 saturated carbocycles. The predicted molar refractivity (Wildman–Crippen MR) is 238 cm³/mol. The number of aliphatic hydroxyl groups excluding tert-OH is 3. The highest BCUT2D eigenvalue weighted by molar-refractivity contribution is 5.73. The van der Waals surface area contributed by atoms with E-state index in [1.807, 2.05) is 0 Å². The highest BCUT2D eigenvalue weighted by Gasteiger charge is 2.47. The van der Waals surface area contributed by atoms with Gasteiger partial charge in [-0.2, -0.15) is 0 Å². The van der Waals surface area contributed by atoms with Crippen LogP contribution in [0.3, 0.4) is 0 Å². The molecule has 4 N–H and O–H groups in total. The first-order valence-corrected chi connectivity index (χ1v) is 24.4. The van der Waals surface area contributed by atoms with Crippen molar-refractivity contribution in [1.82, 2.24) is 0 Å². The van der Waals surface area contributed by atoms with E-state index in [4.69, 9.17) is 18.9 Å². The van der Waals surface area contributed by atoms with Gasteiger partial charge in [0.2, 0.25) is 0 Å². The zero-order chi connectivity index (χ0) is 43.9. The largest absolute Gasteiger partial charge is 0.479 e. The number of esters is 2. The van der Waals surface area contributed by atoms with E-state index < -0.39 is 61.3 Å². The monoisotopic (exact) mass is 853 g/mol. The van der Waals surface area contributed by atoms with Crippen LogP contribution in [0, 0.1) is 0 Å². The van der Waals surface area contributed by atoms with E-state index in [0.717, 1.165) is 57.8 Å². The van der Waals surface area contributed by atoms with E-state index >= 15 is 0 Å². The molecule has 1 aliphatic heterocycles. The van der Waals surface area contributed by atoms with E-state index in [-0.39, 0.29) is 19.4 Å². The molecule has 0 amide bonds. The SMILES string of the molecule is CCCC/C=C\CCCCCCCC(=O)OC(COC(=O)CCCCCCCCCCCCC/C=C\CCCCCCCCCC)COC1OC(C(=O)O)C(O)C(O)C1O. The van der Waals surface area contributed by atoms with Gasteiger partial charge in [0, 0.05) is 12.8 Å². The summed E-state index contributed by atoms with van der Waals surface area (Å²) >= 11 is 0. The van der Waals surface area contributed by atoms with Crippen LogP contribution in [0.2, 0.25) is 0 Å². The van der Waals surface area contributed by atoms with Crippen LogP contribution in [-0.2, 0) is 33.3 Å². The molecule has 0 spiro atoms. The number of unbranched alkanes of at least 4 members (excludes halogenated alkanes) is 26. The van der Waals surface area contributed by atoms with Crippen molar-refractivity contribution in [3.63, 3.8) is 0 Å². The van der Waals surface area contributed by atoms with E-state index in [9.17, 15) is 34.8 Å². The fourth-order valence-corrected chi connectivity index (χ4v) is 7.38. The predicted octanol–water partition coefficient (Wildman–Crippen LogP) is 11.0. The lowest BCUT2D eigenvalue weighted by Gasteiger charge is -2.38. The second-order valence-electron chi connectivity index (χ2n) is 16.9. The molecule has 1 heterocycles. The second kappa shape index (κ2) is 39.5. The van der Waals surface area contributed by atoms with Gasteiger partial charge >= 0.3 is 17.9 Å². The number of allylic oxidation sites excluding steroid dienone is 4. The van der Waals surface area contributed by atoms with Crippen LogP contribution in [0.25, 0.3) is 0 Å². The summed E-state index contributed by atoms with van der Waals surface area (Å²) in [7, 11) is 0. The molecule has 60 heavy (non-hydrogen) atoms. The molecule has 0 aromatic carbocycles. The molecule has 350 valence electrons. The first-order valence-electron chi connectivity index (χ1n) is 24.4. The zero-order valence-electron chi connectivity index (χ0n) is 38.0. The number of carboxylic acid groups (broad SMARTS) is 1. The van der Waals surface area contributed by atoms with Gasteiger partial charge in [0.1, 0.15) is 24.9 Å². The van der Waals surface area contributed by atoms with Crippen LogP contribution in [-0.4, -0.2) is 88.4 Å². The summed E-state index contributed by atoms with van der Waals surface area (Å²) in [5.74, 6) is -2.45. The Kier molecular flexibility index (Phi) is 36.7. The third-order valence-electron chi connectivity index (χ3n) is 11.3. The van der Waals surface area contributed by atoms with Crippen LogP contribution in [0.4, 0.5) is 0 Å². The molecule has 11 heteroatoms. The molecular formula is C49H88O11. The normalized spacial score (nSPS) is 19.9. The molecule has 1 rings (SSSR count). The number of rotatable bonds is 41. The molecule has 0 aromatic heterocycles. The first-order chi connectivity index (χ1) is 29.2. The smallest absolute Gasteiger partial charge is 0.335 e. The fraction of sp³-hybridized carbons (Fsp3) is 0.857. The van der Waals surface area contributed by atoms with Crippen molar-refractivity contribution in [2.75, 3.05) is 13.2 Å². The maximum atomic E-state index is 12.7. The minimum Gasteiger partial charge on any atom is -0.479 e. The number of ether oxygens (including phenoxy) is 4. The molecule has 0 radical (unpaired) electrons. The number of aliphatic carboxylic acids is 1. The van der Waals surface area contributed by atoms with Crippen molar-refractivity contribution in [2.45, 2.75) is 256 Å². The third kappa shape index (κ3) is 30.7. The lowest BCUT2D eigenvalue weighted by atomic mass is 9.99. The molecule has 1 fully saturated rings. The van der Waals surface area contributed by atoms with E-state index in [1.165, 1.54) is 122 Å². The summed E-state index contributed by atoms with van der Waals surface area (Å²) in [6.45, 7) is 3.78. The lowest BCUT2D eigenvalue weighted by molar-refractivity contribution is -0.298. The van der Waals surface area contributed by atoms with Crippen molar-refractivity contribution in [1.29, 1.82) is 0 Å². The quantitative estimate of drug-likeness (QED) is 0.0262. The Bertz CT molecular complexity index is 1100. The average molecular weight is 853 g/mol. The van der Waals surface area contributed by atoms with Gasteiger partial charge in [0.15, 0.2) is 18.5 Å². The van der Waals surface area contributed by atoms with Crippen LogP contribution < -0.4 is 0 Å². The Morgan fingerprint density at radius 2 is 0.900 bits per heavy atom. The molecule has 1 saturated heterocycles. The Balaban J connectivity index is 2.25. The average Bonchev–Trinajstić information content (AvgIpc) is 3.23. The molecule has 0 aliphatic carbocycles. The molecule has 6 atom stereocenters. The minimum absolute atomic E-state index is 0.174. The highest BCUT2D eigenvalue weighted by Crippen LogP contribution is 2.23. The summed E-state index contributed by atoms with van der Waals surface area (Å²) in [5.41, 5.74) is 0. The lowest BCUT2D eigenvalue weighted by Crippen LogP contribution is -2.60. The number of carbonyl (C=O) groups is 3. The van der Waals surface area contributed by atoms with Crippen molar-refractivity contribution in [3.05, 3.63) is 24.3 Å². The van der Waals surface area contributed by atoms with Gasteiger partial charge in [-0.05, 0) is 57.8 Å². The van der Waals surface area contributed by atoms with Gasteiger partial charge in [0.25, 0.3) is 0 Å². The van der Waals surface area contributed by atoms with Gasteiger partial charge in [-0.25, -0.2) is 4.79 Å². The van der Waals surface area contributed by atoms with E-state index in [1.54, 1.807) is 0 Å². The van der Waals surface area contributed by atoms with Gasteiger partial charge in [0.05, 0.1) is 6.61 Å². The molecule has 6 unspecified atom stereocenters. The minimum atomic E-state index is -1.86. The Morgan fingerprint density at radius 1 is 0.500 bits per heavy atom. The van der Waals surface area contributed by atoms with Crippen molar-refractivity contribution in [3.8, 4) is 0 Å². The maximum Gasteiger partial charge on any atom is 0.335 e. The first kappa shape index (κ1) is 55.7. The molecule has 0 aromatic rings. The molecule has 0 bridgehead atoms. The summed E-state index contributed by atoms with van der Waals surface area (Å²) in [6, 6.07) is 0. The van der Waals surface area contributed by atoms with Crippen LogP contribution >= 0.6 is 0 Å². The third-order valence-corrected chi connectivity index (χ3v) is 11.3. The van der Waals surface area contributed by atoms with Gasteiger partial charge in [-0.3, -0.25) is 9.59 Å². The number of carboxylic acids is 1. The van der Waals surface area contributed by atoms with Gasteiger partial charge < -0.3 is 39.4 Å². The Hall–Kier alpha value is -2.31. The molecule has 1 aliphatic rings. The fourth-order valence-electron chi connectivity index (χ4n) is 7.38. The zero-order valence-corrected chi connectivity index (χ0v) is 38.0. The van der Waals surface area contributed by atoms with E-state index in [0.29, 0.717) is 12.8 Å². The van der Waals surface area contributed by atoms with Crippen molar-refractivity contribution < 1.29 is 53.8 Å². The summed E-state index contributed by atoms with van der Waals surface area (Å²) < 4.78 is 21.7. The number of hydrogen-bond acceptors (Lipinski definition) is 10. The van der Waals surface area contributed by atoms with Gasteiger partial charge in [-0.1, -0.05) is 173 Å². The summed E-state index contributed by atoms with van der Waals surface area (Å²) in [4.78, 5) is 36.8. The second-order valence-corrected chi connectivity index (χ2v) is 16.9. The topological polar surface area (TPSA) is 169 Å². The molecular weight excluding hydrogens is 765 g/mol. The standard InChI is InChI=1S/C49H88O11/c1-3-5-7-9-11-13-15-16-17-18-19-20-21-22-23-24-25-26-28-29-31-33-35-37-42(50)57-39-41(40-58-49-46(54)44(52)45(53)47(60-49)48(55)56)59-43(51)38-36-34-32-30-27-14-12-10-8-6-4-2/h10,12,18-19,41,44-47,49,52-54H,3-9,11,13-17,20-40H2,1-2H3,(H,55,56)/b12-10-,19-18-. The number of aliphatic hydroxyl groups is 3. The molecule has 11 nitrogen and oxygen atoms in total. The Labute approximate surface area is 364 Å².